The topological polar surface area (TPSA) is 79.5 Å². The highest BCUT2D eigenvalue weighted by Gasteiger charge is 2.18. The van der Waals surface area contributed by atoms with Crippen LogP contribution in [0.1, 0.15) is 38.5 Å². The number of carboxylic acid groups (broad SMARTS) is 1. The number of carbonyl (C=O) groups is 2. The van der Waals surface area contributed by atoms with Gasteiger partial charge in [-0.15, -0.1) is 11.3 Å². The third-order valence-corrected chi connectivity index (χ3v) is 3.51. The standard InChI is InChI=1S/C13H13NO4S/c1-3-8-4-5-10(18-8)11(15)14-12-9(13(16)17)6-7(2)19-12/h4-6H,3H2,1-2H3,(H,14,15)(H,16,17). The number of furan rings is 1. The Morgan fingerprint density at radius 1 is 1.42 bits per heavy atom. The van der Waals surface area contributed by atoms with Crippen LogP contribution in [0.15, 0.2) is 22.6 Å². The van der Waals surface area contributed by atoms with Crippen molar-refractivity contribution in [2.45, 2.75) is 20.3 Å². The van der Waals surface area contributed by atoms with Crippen LogP contribution in [0.5, 0.6) is 0 Å². The first kappa shape index (κ1) is 13.4. The second-order valence-electron chi connectivity index (χ2n) is 3.98. The van der Waals surface area contributed by atoms with E-state index in [0.717, 1.165) is 4.88 Å². The lowest BCUT2D eigenvalue weighted by atomic mass is 10.3. The number of aromatic carboxylic acids is 1. The lowest BCUT2D eigenvalue weighted by Gasteiger charge is -2.01. The molecule has 19 heavy (non-hydrogen) atoms. The molecule has 2 heterocycles. The molecular formula is C13H13NO4S. The molecule has 1 amide bonds. The molecule has 0 saturated heterocycles. The maximum Gasteiger partial charge on any atom is 0.338 e. The van der Waals surface area contributed by atoms with Gasteiger partial charge in [0, 0.05) is 11.3 Å². The van der Waals surface area contributed by atoms with Crippen LogP contribution in [-0.2, 0) is 6.42 Å². The fraction of sp³-hybridized carbons (Fsp3) is 0.231. The van der Waals surface area contributed by atoms with E-state index in [9.17, 15) is 9.59 Å². The van der Waals surface area contributed by atoms with Crippen molar-refractivity contribution < 1.29 is 19.1 Å². The molecule has 0 aliphatic heterocycles. The van der Waals surface area contributed by atoms with Gasteiger partial charge in [0.25, 0.3) is 5.91 Å². The van der Waals surface area contributed by atoms with Crippen molar-refractivity contribution in [3.8, 4) is 0 Å². The van der Waals surface area contributed by atoms with Crippen molar-refractivity contribution in [1.29, 1.82) is 0 Å². The molecule has 2 rings (SSSR count). The Morgan fingerprint density at radius 3 is 2.74 bits per heavy atom. The molecule has 2 aromatic heterocycles. The van der Waals surface area contributed by atoms with Gasteiger partial charge in [0.1, 0.15) is 10.8 Å². The lowest BCUT2D eigenvalue weighted by Crippen LogP contribution is -2.12. The van der Waals surface area contributed by atoms with Gasteiger partial charge in [-0.05, 0) is 25.1 Å². The summed E-state index contributed by atoms with van der Waals surface area (Å²) >= 11 is 1.22. The molecule has 0 radical (unpaired) electrons. The zero-order valence-electron chi connectivity index (χ0n) is 10.5. The van der Waals surface area contributed by atoms with Crippen molar-refractivity contribution in [2.24, 2.45) is 0 Å². The van der Waals surface area contributed by atoms with Crippen LogP contribution >= 0.6 is 11.3 Å². The number of aryl methyl sites for hydroxylation is 2. The summed E-state index contributed by atoms with van der Waals surface area (Å²) in [6.45, 7) is 3.71. The van der Waals surface area contributed by atoms with Gasteiger partial charge in [-0.25, -0.2) is 4.79 Å². The van der Waals surface area contributed by atoms with E-state index in [-0.39, 0.29) is 11.3 Å². The van der Waals surface area contributed by atoms with Gasteiger partial charge in [-0.3, -0.25) is 4.79 Å². The summed E-state index contributed by atoms with van der Waals surface area (Å²) in [7, 11) is 0. The van der Waals surface area contributed by atoms with Crippen molar-refractivity contribution in [2.75, 3.05) is 5.32 Å². The van der Waals surface area contributed by atoms with Crippen molar-refractivity contribution in [3.05, 3.63) is 40.2 Å². The second-order valence-corrected chi connectivity index (χ2v) is 5.23. The number of hydrogen-bond donors (Lipinski definition) is 2. The van der Waals surface area contributed by atoms with Gasteiger partial charge in [0.15, 0.2) is 5.76 Å². The van der Waals surface area contributed by atoms with Gasteiger partial charge in [-0.2, -0.15) is 0 Å². The number of rotatable bonds is 4. The minimum absolute atomic E-state index is 0.0955. The molecule has 0 atom stereocenters. The number of hydrogen-bond acceptors (Lipinski definition) is 4. The van der Waals surface area contributed by atoms with Crippen LogP contribution in [0.3, 0.4) is 0 Å². The first-order valence-electron chi connectivity index (χ1n) is 5.75. The maximum atomic E-state index is 11.9. The van der Waals surface area contributed by atoms with Gasteiger partial charge >= 0.3 is 5.97 Å². The Kier molecular flexibility index (Phi) is 3.71. The molecule has 6 heteroatoms. The molecule has 0 aliphatic rings. The van der Waals surface area contributed by atoms with Crippen LogP contribution in [0.2, 0.25) is 0 Å². The Labute approximate surface area is 113 Å². The van der Waals surface area contributed by atoms with Crippen LogP contribution in [-0.4, -0.2) is 17.0 Å². The Balaban J connectivity index is 2.21. The molecule has 0 aromatic carbocycles. The average molecular weight is 279 g/mol. The monoisotopic (exact) mass is 279 g/mol. The van der Waals surface area contributed by atoms with Gasteiger partial charge in [0.2, 0.25) is 0 Å². The minimum atomic E-state index is -1.06. The smallest absolute Gasteiger partial charge is 0.338 e. The third kappa shape index (κ3) is 2.85. The SMILES string of the molecule is CCc1ccc(C(=O)Nc2sc(C)cc2C(=O)O)o1. The summed E-state index contributed by atoms with van der Waals surface area (Å²) in [5, 5.41) is 11.9. The summed E-state index contributed by atoms with van der Waals surface area (Å²) < 4.78 is 5.32. The molecule has 2 N–H and O–H groups in total. The maximum absolute atomic E-state index is 11.9. The fourth-order valence-electron chi connectivity index (χ4n) is 1.62. The zero-order chi connectivity index (χ0) is 14.0. The quantitative estimate of drug-likeness (QED) is 0.901. The highest BCUT2D eigenvalue weighted by molar-refractivity contribution is 7.16. The van der Waals surface area contributed by atoms with E-state index in [1.807, 2.05) is 6.92 Å². The van der Waals surface area contributed by atoms with Crippen LogP contribution in [0.25, 0.3) is 0 Å². The normalized spacial score (nSPS) is 10.4. The Morgan fingerprint density at radius 2 is 2.16 bits per heavy atom. The fourth-order valence-corrected chi connectivity index (χ4v) is 2.52. The summed E-state index contributed by atoms with van der Waals surface area (Å²) in [6.07, 6.45) is 0.700. The Hall–Kier alpha value is -2.08. The van der Waals surface area contributed by atoms with E-state index < -0.39 is 11.9 Å². The number of carbonyl (C=O) groups excluding carboxylic acids is 1. The van der Waals surface area contributed by atoms with Crippen LogP contribution in [0, 0.1) is 6.92 Å². The predicted molar refractivity (Wildman–Crippen MR) is 72.1 cm³/mol. The van der Waals surface area contributed by atoms with Gasteiger partial charge in [0.05, 0.1) is 5.56 Å². The third-order valence-electron chi connectivity index (χ3n) is 2.55. The van der Waals surface area contributed by atoms with Crippen LogP contribution < -0.4 is 5.32 Å². The second kappa shape index (κ2) is 5.27. The molecule has 5 nitrogen and oxygen atoms in total. The summed E-state index contributed by atoms with van der Waals surface area (Å²) in [4.78, 5) is 23.8. The van der Waals surface area contributed by atoms with Crippen molar-refractivity contribution in [3.63, 3.8) is 0 Å². The minimum Gasteiger partial charge on any atom is -0.478 e. The van der Waals surface area contributed by atoms with Gasteiger partial charge < -0.3 is 14.8 Å². The largest absolute Gasteiger partial charge is 0.478 e. The molecule has 2 aromatic rings. The highest BCUT2D eigenvalue weighted by atomic mass is 32.1. The molecule has 0 saturated carbocycles. The van der Waals surface area contributed by atoms with E-state index in [1.165, 1.54) is 17.4 Å². The summed E-state index contributed by atoms with van der Waals surface area (Å²) in [6, 6.07) is 4.84. The number of anilines is 1. The van der Waals surface area contributed by atoms with E-state index in [1.54, 1.807) is 19.1 Å². The molecule has 0 aliphatic carbocycles. The van der Waals surface area contributed by atoms with E-state index in [2.05, 4.69) is 5.32 Å². The number of thiophene rings is 1. The molecule has 0 bridgehead atoms. The number of amides is 1. The number of carboxylic acids is 1. The van der Waals surface area contributed by atoms with E-state index in [0.29, 0.717) is 17.2 Å². The average Bonchev–Trinajstić information content (AvgIpc) is 2.95. The predicted octanol–water partition coefficient (Wildman–Crippen LogP) is 3.16. The first-order chi connectivity index (χ1) is 9.01. The van der Waals surface area contributed by atoms with Crippen molar-refractivity contribution >= 4 is 28.2 Å². The molecule has 0 spiro atoms. The molecule has 0 fully saturated rings. The van der Waals surface area contributed by atoms with Gasteiger partial charge in [-0.1, -0.05) is 6.92 Å². The number of nitrogens with one attached hydrogen (secondary N) is 1. The van der Waals surface area contributed by atoms with E-state index in [4.69, 9.17) is 9.52 Å². The molecular weight excluding hydrogens is 266 g/mol. The van der Waals surface area contributed by atoms with Crippen LogP contribution in [0.4, 0.5) is 5.00 Å². The van der Waals surface area contributed by atoms with Crippen molar-refractivity contribution in [1.82, 2.24) is 0 Å². The molecule has 100 valence electrons. The lowest BCUT2D eigenvalue weighted by molar-refractivity contribution is 0.0698. The first-order valence-corrected chi connectivity index (χ1v) is 6.56. The van der Waals surface area contributed by atoms with E-state index >= 15 is 0 Å². The molecule has 0 unspecified atom stereocenters. The zero-order valence-corrected chi connectivity index (χ0v) is 11.3. The summed E-state index contributed by atoms with van der Waals surface area (Å²) in [5.74, 6) is -0.609. The highest BCUT2D eigenvalue weighted by Crippen LogP contribution is 2.28. The Bertz CT molecular complexity index is 626. The summed E-state index contributed by atoms with van der Waals surface area (Å²) in [5.41, 5.74) is 0.0955.